The zero-order valence-corrected chi connectivity index (χ0v) is 12.8. The molecule has 0 aliphatic carbocycles. The lowest BCUT2D eigenvalue weighted by atomic mass is 10.2. The molecule has 1 rings (SSSR count). The number of rotatable bonds is 9. The lowest BCUT2D eigenvalue weighted by molar-refractivity contribution is 0.313. The highest BCUT2D eigenvalue weighted by atomic mass is 32.2. The Morgan fingerprint density at radius 2 is 2.10 bits per heavy atom. The first-order chi connectivity index (χ1) is 9.67. The summed E-state index contributed by atoms with van der Waals surface area (Å²) in [4.78, 5) is 0. The van der Waals surface area contributed by atoms with E-state index in [0.29, 0.717) is 17.4 Å². The van der Waals surface area contributed by atoms with E-state index in [4.69, 9.17) is 15.7 Å². The highest BCUT2D eigenvalue weighted by molar-refractivity contribution is 7.99. The molecular formula is C14H23N3O2S. The van der Waals surface area contributed by atoms with E-state index in [0.717, 1.165) is 25.3 Å². The number of oxime groups is 1. The molecule has 0 radical (unpaired) electrons. The second kappa shape index (κ2) is 9.50. The van der Waals surface area contributed by atoms with E-state index in [-0.39, 0.29) is 5.84 Å². The predicted molar refractivity (Wildman–Crippen MR) is 84.9 cm³/mol. The first-order valence-electron chi connectivity index (χ1n) is 6.61. The van der Waals surface area contributed by atoms with E-state index in [2.05, 4.69) is 23.7 Å². The monoisotopic (exact) mass is 297 g/mol. The summed E-state index contributed by atoms with van der Waals surface area (Å²) in [6.45, 7) is 4.68. The third kappa shape index (κ3) is 6.16. The normalized spacial score (nSPS) is 13.2. The number of hydrogen-bond donors (Lipinski definition) is 3. The molecule has 0 saturated carbocycles. The van der Waals surface area contributed by atoms with E-state index >= 15 is 0 Å². The van der Waals surface area contributed by atoms with Crippen LogP contribution in [0.2, 0.25) is 0 Å². The summed E-state index contributed by atoms with van der Waals surface area (Å²) in [5.74, 6) is 0.875. The van der Waals surface area contributed by atoms with Crippen LogP contribution in [0.25, 0.3) is 0 Å². The molecule has 6 heteroatoms. The summed E-state index contributed by atoms with van der Waals surface area (Å²) in [6, 6.07) is 7.14. The lowest BCUT2D eigenvalue weighted by Crippen LogP contribution is -2.23. The largest absolute Gasteiger partial charge is 0.492 e. The average Bonchev–Trinajstić information content (AvgIpc) is 2.50. The molecular weight excluding hydrogens is 274 g/mol. The fourth-order valence-corrected chi connectivity index (χ4v) is 1.92. The Morgan fingerprint density at radius 3 is 2.70 bits per heavy atom. The van der Waals surface area contributed by atoms with Crippen molar-refractivity contribution in [3.8, 4) is 5.75 Å². The van der Waals surface area contributed by atoms with Crippen LogP contribution in [0.4, 0.5) is 0 Å². The van der Waals surface area contributed by atoms with Gasteiger partial charge < -0.3 is 21.0 Å². The molecule has 0 fully saturated rings. The van der Waals surface area contributed by atoms with Gasteiger partial charge in [0.2, 0.25) is 0 Å². The maximum atomic E-state index is 8.56. The van der Waals surface area contributed by atoms with Crippen LogP contribution >= 0.6 is 11.8 Å². The van der Waals surface area contributed by atoms with Gasteiger partial charge in [-0.15, -0.1) is 0 Å². The van der Waals surface area contributed by atoms with Crippen LogP contribution in [-0.2, 0) is 0 Å². The molecule has 0 aliphatic heterocycles. The van der Waals surface area contributed by atoms with Crippen molar-refractivity contribution >= 4 is 17.6 Å². The molecule has 5 nitrogen and oxygen atoms in total. The van der Waals surface area contributed by atoms with Crippen molar-refractivity contribution in [2.45, 2.75) is 18.6 Å². The molecule has 0 aromatic heterocycles. The molecule has 112 valence electrons. The third-order valence-electron chi connectivity index (χ3n) is 2.94. The summed E-state index contributed by atoms with van der Waals surface area (Å²) < 4.78 is 5.60. The Hall–Kier alpha value is -1.40. The van der Waals surface area contributed by atoms with Gasteiger partial charge in [0, 0.05) is 17.4 Å². The van der Waals surface area contributed by atoms with Gasteiger partial charge in [-0.25, -0.2) is 0 Å². The Kier molecular flexibility index (Phi) is 7.91. The number of amidine groups is 1. The van der Waals surface area contributed by atoms with Crippen molar-refractivity contribution in [2.75, 3.05) is 26.0 Å². The van der Waals surface area contributed by atoms with E-state index in [1.54, 1.807) is 12.1 Å². The zero-order chi connectivity index (χ0) is 14.8. The summed E-state index contributed by atoms with van der Waals surface area (Å²) >= 11 is 1.88. The molecule has 4 N–H and O–H groups in total. The van der Waals surface area contributed by atoms with E-state index < -0.39 is 0 Å². The van der Waals surface area contributed by atoms with Crippen molar-refractivity contribution < 1.29 is 9.94 Å². The quantitative estimate of drug-likeness (QED) is 0.213. The molecule has 0 heterocycles. The van der Waals surface area contributed by atoms with Gasteiger partial charge in [0.15, 0.2) is 5.84 Å². The Morgan fingerprint density at radius 1 is 1.40 bits per heavy atom. The topological polar surface area (TPSA) is 79.9 Å². The van der Waals surface area contributed by atoms with Crippen molar-refractivity contribution in [3.05, 3.63) is 29.8 Å². The number of thioether (sulfide) groups is 1. The summed E-state index contributed by atoms with van der Waals surface area (Å²) in [7, 11) is 0. The maximum Gasteiger partial charge on any atom is 0.170 e. The van der Waals surface area contributed by atoms with Crippen LogP contribution in [0, 0.1) is 0 Å². The summed E-state index contributed by atoms with van der Waals surface area (Å²) in [6.07, 6.45) is 3.29. The number of ether oxygens (including phenoxy) is 1. The minimum absolute atomic E-state index is 0.0983. The van der Waals surface area contributed by atoms with Gasteiger partial charge in [-0.1, -0.05) is 12.1 Å². The number of benzene rings is 1. The summed E-state index contributed by atoms with van der Waals surface area (Å²) in [5.41, 5.74) is 6.15. The van der Waals surface area contributed by atoms with Crippen LogP contribution in [-0.4, -0.2) is 42.2 Å². The molecule has 1 unspecified atom stereocenters. The molecule has 0 aliphatic rings. The molecule has 1 aromatic carbocycles. The number of nitrogens with zero attached hydrogens (tertiary/aromatic N) is 1. The predicted octanol–water partition coefficient (Wildman–Crippen LogP) is 1.89. The molecule has 1 atom stereocenters. The van der Waals surface area contributed by atoms with Gasteiger partial charge in [0.05, 0.1) is 0 Å². The van der Waals surface area contributed by atoms with Crippen LogP contribution in [0.3, 0.4) is 0 Å². The molecule has 0 amide bonds. The van der Waals surface area contributed by atoms with E-state index in [9.17, 15) is 0 Å². The van der Waals surface area contributed by atoms with Crippen molar-refractivity contribution in [1.82, 2.24) is 5.32 Å². The fourth-order valence-electron chi connectivity index (χ4n) is 1.57. The van der Waals surface area contributed by atoms with Gasteiger partial charge in [0.25, 0.3) is 0 Å². The standard InChI is InChI=1S/C14H23N3O2S/c1-11(20-2)7-8-16-9-10-19-13-5-3-12(4-6-13)14(15)17-18/h3-6,11,16,18H,7-10H2,1-2H3,(H2,15,17). The minimum Gasteiger partial charge on any atom is -0.492 e. The van der Waals surface area contributed by atoms with Crippen LogP contribution in [0.15, 0.2) is 29.4 Å². The lowest BCUT2D eigenvalue weighted by Gasteiger charge is -2.10. The van der Waals surface area contributed by atoms with Gasteiger partial charge in [-0.05, 0) is 43.5 Å². The molecule has 0 bridgehead atoms. The van der Waals surface area contributed by atoms with E-state index in [1.807, 2.05) is 23.9 Å². The van der Waals surface area contributed by atoms with Crippen molar-refractivity contribution in [1.29, 1.82) is 0 Å². The van der Waals surface area contributed by atoms with Crippen molar-refractivity contribution in [2.24, 2.45) is 10.9 Å². The first-order valence-corrected chi connectivity index (χ1v) is 7.90. The zero-order valence-electron chi connectivity index (χ0n) is 12.0. The average molecular weight is 297 g/mol. The number of hydrogen-bond acceptors (Lipinski definition) is 5. The van der Waals surface area contributed by atoms with Crippen LogP contribution in [0.5, 0.6) is 5.75 Å². The van der Waals surface area contributed by atoms with Crippen molar-refractivity contribution in [3.63, 3.8) is 0 Å². The Balaban J connectivity index is 2.19. The summed E-state index contributed by atoms with van der Waals surface area (Å²) in [5, 5.41) is 15.5. The SMILES string of the molecule is CSC(C)CCNCCOc1ccc(/C(N)=N/O)cc1. The molecule has 1 aromatic rings. The van der Waals surface area contributed by atoms with Gasteiger partial charge >= 0.3 is 0 Å². The van der Waals surface area contributed by atoms with Gasteiger partial charge in [0.1, 0.15) is 12.4 Å². The first kappa shape index (κ1) is 16.7. The molecule has 20 heavy (non-hydrogen) atoms. The Labute approximate surface area is 124 Å². The number of nitrogens with two attached hydrogens (primary N) is 1. The van der Waals surface area contributed by atoms with Gasteiger partial charge in [-0.2, -0.15) is 11.8 Å². The highest BCUT2D eigenvalue weighted by Gasteiger charge is 2.00. The second-order valence-corrected chi connectivity index (χ2v) is 5.72. The Bertz CT molecular complexity index is 409. The number of nitrogens with one attached hydrogen (secondary N) is 1. The third-order valence-corrected chi connectivity index (χ3v) is 3.98. The van der Waals surface area contributed by atoms with Crippen LogP contribution in [0.1, 0.15) is 18.9 Å². The maximum absolute atomic E-state index is 8.56. The fraction of sp³-hybridized carbons (Fsp3) is 0.500. The molecule has 0 saturated heterocycles. The minimum atomic E-state index is 0.0983. The van der Waals surface area contributed by atoms with Crippen LogP contribution < -0.4 is 15.8 Å². The van der Waals surface area contributed by atoms with E-state index in [1.165, 1.54) is 0 Å². The second-order valence-electron chi connectivity index (χ2n) is 4.44. The molecule has 0 spiro atoms. The smallest absolute Gasteiger partial charge is 0.170 e. The highest BCUT2D eigenvalue weighted by Crippen LogP contribution is 2.11. The van der Waals surface area contributed by atoms with Gasteiger partial charge in [-0.3, -0.25) is 0 Å².